The van der Waals surface area contributed by atoms with Gasteiger partial charge in [0.25, 0.3) is 0 Å². The maximum atomic E-state index is 12.1. The summed E-state index contributed by atoms with van der Waals surface area (Å²) in [6.45, 7) is 2.24. The lowest BCUT2D eigenvalue weighted by Crippen LogP contribution is -2.43. The molecule has 1 heterocycles. The van der Waals surface area contributed by atoms with E-state index in [-0.39, 0.29) is 24.5 Å². The van der Waals surface area contributed by atoms with Crippen LogP contribution in [0.25, 0.3) is 0 Å². The topological polar surface area (TPSA) is 58.6 Å². The molecule has 0 spiro atoms. The molecule has 104 valence electrons. The van der Waals surface area contributed by atoms with Crippen molar-refractivity contribution < 1.29 is 14.6 Å². The lowest BCUT2D eigenvalue weighted by atomic mass is 9.95. The van der Waals surface area contributed by atoms with Crippen molar-refractivity contribution in [1.82, 2.24) is 5.32 Å². The van der Waals surface area contributed by atoms with Gasteiger partial charge in [-0.2, -0.15) is 0 Å². The van der Waals surface area contributed by atoms with Crippen molar-refractivity contribution in [3.05, 3.63) is 28.8 Å². The van der Waals surface area contributed by atoms with Gasteiger partial charge in [-0.3, -0.25) is 4.79 Å². The molecule has 1 aliphatic rings. The van der Waals surface area contributed by atoms with Crippen molar-refractivity contribution in [3.63, 3.8) is 0 Å². The fraction of sp³-hybridized carbons (Fsp3) is 0.500. The molecule has 0 aromatic heterocycles. The molecule has 0 fully saturated rings. The van der Waals surface area contributed by atoms with Crippen molar-refractivity contribution in [2.45, 2.75) is 25.8 Å². The average Bonchev–Trinajstić information content (AvgIpc) is 2.43. The number of ether oxygens (including phenoxy) is 1. The zero-order valence-electron chi connectivity index (χ0n) is 10.9. The standard InChI is InChI=1S/C14H18ClNO3/c1-2-12(7-17)16-14(18)10-5-9-6-11(15)3-4-13(9)19-8-10/h3-4,6,10,12,17H,2,5,7-8H2,1H3,(H,16,18). The van der Waals surface area contributed by atoms with E-state index in [1.165, 1.54) is 0 Å². The molecule has 4 nitrogen and oxygen atoms in total. The fourth-order valence-corrected chi connectivity index (χ4v) is 2.32. The van der Waals surface area contributed by atoms with Crippen LogP contribution >= 0.6 is 11.6 Å². The van der Waals surface area contributed by atoms with E-state index >= 15 is 0 Å². The van der Waals surface area contributed by atoms with Crippen molar-refractivity contribution in [3.8, 4) is 5.75 Å². The van der Waals surface area contributed by atoms with Crippen LogP contribution in [0.1, 0.15) is 18.9 Å². The van der Waals surface area contributed by atoms with Crippen LogP contribution in [0, 0.1) is 5.92 Å². The molecule has 2 atom stereocenters. The summed E-state index contributed by atoms with van der Waals surface area (Å²) in [5, 5.41) is 12.6. The Balaban J connectivity index is 2.02. The van der Waals surface area contributed by atoms with E-state index in [0.717, 1.165) is 11.3 Å². The second kappa shape index (κ2) is 6.26. The van der Waals surface area contributed by atoms with Gasteiger partial charge in [-0.15, -0.1) is 0 Å². The number of carbonyl (C=O) groups excluding carboxylic acids is 1. The predicted octanol–water partition coefficient (Wildman–Crippen LogP) is 1.78. The van der Waals surface area contributed by atoms with E-state index in [1.807, 2.05) is 19.1 Å². The van der Waals surface area contributed by atoms with Crippen LogP contribution in [-0.2, 0) is 11.2 Å². The number of carbonyl (C=O) groups is 1. The molecule has 1 amide bonds. The Labute approximate surface area is 117 Å². The second-order valence-corrected chi connectivity index (χ2v) is 5.20. The zero-order chi connectivity index (χ0) is 13.8. The minimum atomic E-state index is -0.230. The van der Waals surface area contributed by atoms with E-state index in [2.05, 4.69) is 5.32 Å². The molecular formula is C14H18ClNO3. The van der Waals surface area contributed by atoms with Gasteiger partial charge in [-0.25, -0.2) is 0 Å². The van der Waals surface area contributed by atoms with Gasteiger partial charge in [0.1, 0.15) is 12.4 Å². The van der Waals surface area contributed by atoms with Crippen LogP contribution in [-0.4, -0.2) is 30.3 Å². The second-order valence-electron chi connectivity index (χ2n) is 4.76. The van der Waals surface area contributed by atoms with Crippen molar-refractivity contribution in [2.75, 3.05) is 13.2 Å². The van der Waals surface area contributed by atoms with Gasteiger partial charge in [0, 0.05) is 5.02 Å². The Bertz CT molecular complexity index is 460. The van der Waals surface area contributed by atoms with Crippen LogP contribution < -0.4 is 10.1 Å². The van der Waals surface area contributed by atoms with Crippen LogP contribution in [0.3, 0.4) is 0 Å². The van der Waals surface area contributed by atoms with E-state index in [1.54, 1.807) is 6.07 Å². The van der Waals surface area contributed by atoms with Gasteiger partial charge < -0.3 is 15.2 Å². The summed E-state index contributed by atoms with van der Waals surface area (Å²) in [5.41, 5.74) is 0.955. The molecule has 1 aromatic rings. The number of aliphatic hydroxyl groups is 1. The van der Waals surface area contributed by atoms with E-state index in [4.69, 9.17) is 21.4 Å². The summed E-state index contributed by atoms with van der Waals surface area (Å²) >= 11 is 5.94. The minimum absolute atomic E-state index is 0.0434. The number of nitrogens with one attached hydrogen (secondary N) is 1. The molecule has 0 aliphatic carbocycles. The summed E-state index contributed by atoms with van der Waals surface area (Å²) in [7, 11) is 0. The molecule has 2 rings (SSSR count). The number of hydrogen-bond donors (Lipinski definition) is 2. The minimum Gasteiger partial charge on any atom is -0.492 e. The number of benzene rings is 1. The first-order valence-corrected chi connectivity index (χ1v) is 6.84. The summed E-state index contributed by atoms with van der Waals surface area (Å²) in [6, 6.07) is 5.25. The zero-order valence-corrected chi connectivity index (χ0v) is 11.6. The normalized spacial score (nSPS) is 19.2. The largest absolute Gasteiger partial charge is 0.492 e. The van der Waals surface area contributed by atoms with E-state index in [0.29, 0.717) is 24.5 Å². The highest BCUT2D eigenvalue weighted by Crippen LogP contribution is 2.29. The summed E-state index contributed by atoms with van der Waals surface area (Å²) < 4.78 is 5.58. The number of hydrogen-bond acceptors (Lipinski definition) is 3. The molecule has 0 saturated heterocycles. The summed E-state index contributed by atoms with van der Waals surface area (Å²) in [5.74, 6) is 0.487. The Kier molecular flexibility index (Phi) is 4.66. The van der Waals surface area contributed by atoms with Gasteiger partial charge in [-0.1, -0.05) is 18.5 Å². The highest BCUT2D eigenvalue weighted by Gasteiger charge is 2.27. The quantitative estimate of drug-likeness (QED) is 0.885. The van der Waals surface area contributed by atoms with Gasteiger partial charge in [0.05, 0.1) is 18.6 Å². The third-order valence-corrected chi connectivity index (χ3v) is 3.59. The number of aliphatic hydroxyl groups excluding tert-OH is 1. The van der Waals surface area contributed by atoms with Crippen molar-refractivity contribution in [2.24, 2.45) is 5.92 Å². The number of amides is 1. The summed E-state index contributed by atoms with van der Waals surface area (Å²) in [6.07, 6.45) is 1.32. The molecule has 2 unspecified atom stereocenters. The summed E-state index contributed by atoms with van der Waals surface area (Å²) in [4.78, 5) is 12.1. The highest BCUT2D eigenvalue weighted by atomic mass is 35.5. The molecule has 0 bridgehead atoms. The Morgan fingerprint density at radius 1 is 1.63 bits per heavy atom. The van der Waals surface area contributed by atoms with Crippen LogP contribution in [0.5, 0.6) is 5.75 Å². The molecule has 1 aliphatic heterocycles. The molecule has 0 saturated carbocycles. The SMILES string of the molecule is CCC(CO)NC(=O)C1COc2ccc(Cl)cc2C1. The van der Waals surface area contributed by atoms with Gasteiger partial charge in [0.2, 0.25) is 5.91 Å². The fourth-order valence-electron chi connectivity index (χ4n) is 2.13. The first kappa shape index (κ1) is 14.2. The monoisotopic (exact) mass is 283 g/mol. The predicted molar refractivity (Wildman–Crippen MR) is 73.4 cm³/mol. The average molecular weight is 284 g/mol. The third kappa shape index (κ3) is 3.39. The Hall–Kier alpha value is -1.26. The number of fused-ring (bicyclic) bond motifs is 1. The van der Waals surface area contributed by atoms with Crippen molar-refractivity contribution >= 4 is 17.5 Å². The smallest absolute Gasteiger partial charge is 0.227 e. The lowest BCUT2D eigenvalue weighted by Gasteiger charge is -2.26. The molecule has 1 aromatic carbocycles. The lowest BCUT2D eigenvalue weighted by molar-refractivity contribution is -0.127. The molecule has 5 heteroatoms. The number of halogens is 1. The molecule has 0 radical (unpaired) electrons. The number of rotatable bonds is 4. The third-order valence-electron chi connectivity index (χ3n) is 3.36. The first-order chi connectivity index (χ1) is 9.13. The first-order valence-electron chi connectivity index (χ1n) is 6.46. The molecule has 2 N–H and O–H groups in total. The van der Waals surface area contributed by atoms with Crippen LogP contribution in [0.15, 0.2) is 18.2 Å². The van der Waals surface area contributed by atoms with Gasteiger partial charge in [-0.05, 0) is 36.6 Å². The van der Waals surface area contributed by atoms with Gasteiger partial charge >= 0.3 is 0 Å². The Morgan fingerprint density at radius 3 is 3.11 bits per heavy atom. The maximum Gasteiger partial charge on any atom is 0.227 e. The Morgan fingerprint density at radius 2 is 2.42 bits per heavy atom. The van der Waals surface area contributed by atoms with Crippen molar-refractivity contribution in [1.29, 1.82) is 0 Å². The van der Waals surface area contributed by atoms with Crippen LogP contribution in [0.2, 0.25) is 5.02 Å². The molecular weight excluding hydrogens is 266 g/mol. The van der Waals surface area contributed by atoms with Gasteiger partial charge in [0.15, 0.2) is 0 Å². The van der Waals surface area contributed by atoms with E-state index in [9.17, 15) is 4.79 Å². The van der Waals surface area contributed by atoms with E-state index < -0.39 is 0 Å². The van der Waals surface area contributed by atoms with Crippen LogP contribution in [0.4, 0.5) is 0 Å². The molecule has 19 heavy (non-hydrogen) atoms. The highest BCUT2D eigenvalue weighted by molar-refractivity contribution is 6.30. The maximum absolute atomic E-state index is 12.1.